The minimum Gasteiger partial charge on any atom is -0.497 e. The zero-order valence-electron chi connectivity index (χ0n) is 14.8. The van der Waals surface area contributed by atoms with Gasteiger partial charge in [0.1, 0.15) is 11.3 Å². The summed E-state index contributed by atoms with van der Waals surface area (Å²) in [5.41, 5.74) is 0.495. The van der Waals surface area contributed by atoms with Crippen LogP contribution in [0.2, 0.25) is 0 Å². The van der Waals surface area contributed by atoms with E-state index in [1.54, 1.807) is 19.2 Å². The molecule has 0 saturated carbocycles. The van der Waals surface area contributed by atoms with E-state index in [0.29, 0.717) is 22.4 Å². The Morgan fingerprint density at radius 1 is 1.14 bits per heavy atom. The van der Waals surface area contributed by atoms with Gasteiger partial charge in [0.2, 0.25) is 12.2 Å². The highest BCUT2D eigenvalue weighted by molar-refractivity contribution is 5.89. The number of nitrogens with zero attached hydrogens (tertiary/aromatic N) is 3. The molecule has 0 fully saturated rings. The monoisotopic (exact) mass is 378 g/mol. The zero-order valence-corrected chi connectivity index (χ0v) is 14.8. The van der Waals surface area contributed by atoms with Crippen molar-refractivity contribution in [2.45, 2.75) is 6.54 Å². The van der Waals surface area contributed by atoms with Crippen molar-refractivity contribution in [1.82, 2.24) is 20.0 Å². The van der Waals surface area contributed by atoms with Gasteiger partial charge in [0, 0.05) is 6.07 Å². The molecule has 2 aromatic carbocycles. The Morgan fingerprint density at radius 2 is 1.89 bits per heavy atom. The van der Waals surface area contributed by atoms with Crippen molar-refractivity contribution in [3.05, 3.63) is 62.5 Å². The van der Waals surface area contributed by atoms with Gasteiger partial charge in [-0.05, 0) is 23.8 Å². The number of hydrogen-bond donors (Lipinski definition) is 1. The summed E-state index contributed by atoms with van der Waals surface area (Å²) >= 11 is 0. The maximum atomic E-state index is 13.2. The normalized spacial score (nSPS) is 12.6. The summed E-state index contributed by atoms with van der Waals surface area (Å²) < 4.78 is 17.3. The van der Waals surface area contributed by atoms with E-state index in [0.717, 1.165) is 11.3 Å². The van der Waals surface area contributed by atoms with Crippen LogP contribution in [0.3, 0.4) is 0 Å². The first-order chi connectivity index (χ1) is 13.6. The van der Waals surface area contributed by atoms with Crippen LogP contribution >= 0.6 is 0 Å². The second kappa shape index (κ2) is 6.08. The standard InChI is InChI=1S/C19H14N4O5/c1-26-11-4-2-10(3-5-11)8-23-17-16(21-22-23)19(25)20-13-7-15-14(27-9-28-15)6-12(13)18(17)24/h2-7H,8-9H2,1H3,(H,20,25). The van der Waals surface area contributed by atoms with Gasteiger partial charge in [-0.1, -0.05) is 17.3 Å². The molecule has 0 saturated heterocycles. The highest BCUT2D eigenvalue weighted by Crippen LogP contribution is 2.34. The first-order valence-corrected chi connectivity index (χ1v) is 8.50. The number of H-pyrrole nitrogens is 1. The second-order valence-electron chi connectivity index (χ2n) is 6.33. The fraction of sp³-hybridized carbons (Fsp3) is 0.158. The molecule has 0 radical (unpaired) electrons. The Labute approximate surface area is 157 Å². The van der Waals surface area contributed by atoms with E-state index < -0.39 is 5.56 Å². The topological polar surface area (TPSA) is 108 Å². The number of ether oxygens (including phenoxy) is 3. The summed E-state index contributed by atoms with van der Waals surface area (Å²) in [6, 6.07) is 10.5. The van der Waals surface area contributed by atoms with E-state index in [-0.39, 0.29) is 29.8 Å². The summed E-state index contributed by atoms with van der Waals surface area (Å²) in [5, 5.41) is 8.25. The molecule has 0 unspecified atom stereocenters. The summed E-state index contributed by atoms with van der Waals surface area (Å²) in [7, 11) is 1.59. The van der Waals surface area contributed by atoms with Crippen molar-refractivity contribution in [2.75, 3.05) is 13.9 Å². The number of rotatable bonds is 3. The Hall–Kier alpha value is -3.88. The summed E-state index contributed by atoms with van der Waals surface area (Å²) in [6.07, 6.45) is 0. The quantitative estimate of drug-likeness (QED) is 0.574. The number of hydrogen-bond acceptors (Lipinski definition) is 7. The number of aromatic amines is 1. The van der Waals surface area contributed by atoms with E-state index in [1.165, 1.54) is 4.68 Å². The van der Waals surface area contributed by atoms with Crippen LogP contribution in [0.4, 0.5) is 0 Å². The molecule has 9 nitrogen and oxygen atoms in total. The van der Waals surface area contributed by atoms with Gasteiger partial charge in [0.05, 0.1) is 24.6 Å². The van der Waals surface area contributed by atoms with Gasteiger partial charge < -0.3 is 19.2 Å². The van der Waals surface area contributed by atoms with Gasteiger partial charge in [-0.25, -0.2) is 4.68 Å². The average Bonchev–Trinajstić information content (AvgIpc) is 3.31. The Bertz CT molecular complexity index is 1340. The molecule has 0 aliphatic carbocycles. The largest absolute Gasteiger partial charge is 0.497 e. The van der Waals surface area contributed by atoms with Crippen LogP contribution < -0.4 is 25.2 Å². The van der Waals surface area contributed by atoms with Crippen molar-refractivity contribution in [1.29, 1.82) is 0 Å². The molecule has 0 spiro atoms. The second-order valence-corrected chi connectivity index (χ2v) is 6.33. The van der Waals surface area contributed by atoms with Gasteiger partial charge in [-0.3, -0.25) is 9.59 Å². The molecule has 1 N–H and O–H groups in total. The smallest absolute Gasteiger partial charge is 0.278 e. The van der Waals surface area contributed by atoms with Crippen LogP contribution in [0.5, 0.6) is 17.2 Å². The van der Waals surface area contributed by atoms with Gasteiger partial charge in [-0.15, -0.1) is 5.10 Å². The predicted molar refractivity (Wildman–Crippen MR) is 100 cm³/mol. The van der Waals surface area contributed by atoms with Crippen LogP contribution in [0.25, 0.3) is 21.9 Å². The Kier molecular flexibility index (Phi) is 3.54. The first-order valence-electron chi connectivity index (χ1n) is 8.50. The third kappa shape index (κ3) is 2.48. The molecule has 5 rings (SSSR count). The minimum atomic E-state index is -0.498. The molecule has 1 aliphatic rings. The molecule has 0 bridgehead atoms. The minimum absolute atomic E-state index is 0.0169. The fourth-order valence-electron chi connectivity index (χ4n) is 3.25. The molecule has 0 amide bonds. The number of nitrogens with one attached hydrogen (secondary N) is 1. The van der Waals surface area contributed by atoms with Crippen LogP contribution in [0.1, 0.15) is 5.56 Å². The SMILES string of the molecule is COc1ccc(Cn2nnc3c(=O)[nH]c4cc5c(cc4c(=O)c32)OCO5)cc1. The third-order valence-corrected chi connectivity index (χ3v) is 4.66. The Balaban J connectivity index is 1.74. The predicted octanol–water partition coefficient (Wildman–Crippen LogP) is 1.42. The van der Waals surface area contributed by atoms with E-state index in [4.69, 9.17) is 14.2 Å². The maximum Gasteiger partial charge on any atom is 0.278 e. The van der Waals surface area contributed by atoms with Crippen LogP contribution in [-0.4, -0.2) is 33.9 Å². The van der Waals surface area contributed by atoms with Crippen molar-refractivity contribution in [3.63, 3.8) is 0 Å². The van der Waals surface area contributed by atoms with E-state index >= 15 is 0 Å². The van der Waals surface area contributed by atoms with Crippen LogP contribution in [0.15, 0.2) is 46.0 Å². The lowest BCUT2D eigenvalue weighted by molar-refractivity contribution is 0.174. The summed E-state index contributed by atoms with van der Waals surface area (Å²) in [5.74, 6) is 1.66. The average molecular weight is 378 g/mol. The highest BCUT2D eigenvalue weighted by Gasteiger charge is 2.19. The van der Waals surface area contributed by atoms with Gasteiger partial charge in [0.15, 0.2) is 17.0 Å². The molecule has 9 heteroatoms. The van der Waals surface area contributed by atoms with Crippen LogP contribution in [0, 0.1) is 0 Å². The zero-order chi connectivity index (χ0) is 19.3. The van der Waals surface area contributed by atoms with Crippen molar-refractivity contribution in [2.24, 2.45) is 0 Å². The molecule has 1 aliphatic heterocycles. The number of methoxy groups -OCH3 is 1. The van der Waals surface area contributed by atoms with Crippen molar-refractivity contribution >= 4 is 21.9 Å². The third-order valence-electron chi connectivity index (χ3n) is 4.66. The first kappa shape index (κ1) is 16.3. The summed E-state index contributed by atoms with van der Waals surface area (Å²) in [4.78, 5) is 28.5. The number of fused-ring (bicyclic) bond motifs is 3. The number of aromatic nitrogens is 4. The maximum absolute atomic E-state index is 13.2. The molecule has 4 aromatic rings. The van der Waals surface area contributed by atoms with Crippen molar-refractivity contribution in [3.8, 4) is 17.2 Å². The van der Waals surface area contributed by atoms with Gasteiger partial charge >= 0.3 is 0 Å². The Morgan fingerprint density at radius 3 is 2.64 bits per heavy atom. The van der Waals surface area contributed by atoms with Gasteiger partial charge in [0.25, 0.3) is 5.56 Å². The van der Waals surface area contributed by atoms with Crippen LogP contribution in [-0.2, 0) is 6.54 Å². The van der Waals surface area contributed by atoms with Gasteiger partial charge in [-0.2, -0.15) is 0 Å². The number of benzene rings is 2. The van der Waals surface area contributed by atoms with E-state index in [1.807, 2.05) is 24.3 Å². The van der Waals surface area contributed by atoms with E-state index in [9.17, 15) is 9.59 Å². The van der Waals surface area contributed by atoms with E-state index in [2.05, 4.69) is 15.3 Å². The fourth-order valence-corrected chi connectivity index (χ4v) is 3.25. The molecule has 140 valence electrons. The lowest BCUT2D eigenvalue weighted by Crippen LogP contribution is -2.10. The lowest BCUT2D eigenvalue weighted by Gasteiger charge is -2.04. The molecule has 2 aromatic heterocycles. The molecule has 28 heavy (non-hydrogen) atoms. The summed E-state index contributed by atoms with van der Waals surface area (Å²) in [6.45, 7) is 0.355. The molecule has 0 atom stereocenters. The molecular weight excluding hydrogens is 364 g/mol. The highest BCUT2D eigenvalue weighted by atomic mass is 16.7. The molecular formula is C19H14N4O5. The van der Waals surface area contributed by atoms with Crippen molar-refractivity contribution < 1.29 is 14.2 Å². The lowest BCUT2D eigenvalue weighted by atomic mass is 10.2. The molecule has 3 heterocycles.